The van der Waals surface area contributed by atoms with Crippen LogP contribution in [0.15, 0.2) is 90.5 Å². The van der Waals surface area contributed by atoms with Crippen LogP contribution in [-0.2, 0) is 40.2 Å². The molecule has 362 valence electrons. The number of carbonyl (C=O) groups excluding carboxylic acids is 1. The van der Waals surface area contributed by atoms with Gasteiger partial charge < -0.3 is 48.4 Å². The molecule has 0 spiro atoms. The highest BCUT2D eigenvalue weighted by atomic mass is 31.2. The number of rotatable bonds is 21. The standard InChI is InChI=1S/C44H55F2N8O12P/c1-4-41(31(2)55)54-42(56)53(29-48-54)37-8-6-35(7-9-37)49-15-17-50(18-16-49)36-10-12-38(13-11-36)63-25-33-24-44(64-26-33,39-14-5-34(45)23-40(39)46)27-52-30-51(28-47-52)32(3)66-43(57)62-21-19-61-20-22-65-67(58,59)60/h5-14,23,28-33,41,55H,4,15-22,24-27H2,1-3H3,(H-,58,59,60)/p+1/t31-,32?,33+,41-,44-/m0/s1. The van der Waals surface area contributed by atoms with E-state index in [4.69, 9.17) is 33.5 Å². The van der Waals surface area contributed by atoms with E-state index >= 15 is 4.39 Å². The first-order chi connectivity index (χ1) is 32.1. The van der Waals surface area contributed by atoms with E-state index in [0.717, 1.165) is 43.6 Å². The van der Waals surface area contributed by atoms with Crippen LogP contribution in [0.3, 0.4) is 0 Å². The Kier molecular flexibility index (Phi) is 16.1. The number of carbonyl (C=O) groups is 1. The summed E-state index contributed by atoms with van der Waals surface area (Å²) >= 11 is 0. The predicted molar refractivity (Wildman–Crippen MR) is 236 cm³/mol. The number of aliphatic hydroxyl groups excluding tert-OH is 1. The number of halogens is 2. The third-order valence-electron chi connectivity index (χ3n) is 11.7. The fourth-order valence-corrected chi connectivity index (χ4v) is 8.58. The largest absolute Gasteiger partial charge is 0.511 e. The Bertz CT molecular complexity index is 2510. The summed E-state index contributed by atoms with van der Waals surface area (Å²) in [5, 5.41) is 18.7. The van der Waals surface area contributed by atoms with Crippen LogP contribution in [0.1, 0.15) is 51.4 Å². The van der Waals surface area contributed by atoms with Crippen LogP contribution < -0.4 is 24.8 Å². The van der Waals surface area contributed by atoms with Crippen LogP contribution in [0.25, 0.3) is 5.69 Å². The summed E-state index contributed by atoms with van der Waals surface area (Å²) in [6.07, 6.45) is 2.82. The molecule has 3 N–H and O–H groups in total. The van der Waals surface area contributed by atoms with Gasteiger partial charge >= 0.3 is 19.7 Å². The van der Waals surface area contributed by atoms with Gasteiger partial charge in [0, 0.05) is 67.1 Å². The van der Waals surface area contributed by atoms with Crippen molar-refractivity contribution < 1.29 is 65.8 Å². The minimum absolute atomic E-state index is 0.0470. The van der Waals surface area contributed by atoms with E-state index in [9.17, 15) is 23.7 Å². The number of ether oxygens (including phenoxy) is 5. The molecule has 23 heteroatoms. The number of phosphoric acid groups is 1. The predicted octanol–water partition coefficient (Wildman–Crippen LogP) is 4.26. The molecule has 2 fully saturated rings. The summed E-state index contributed by atoms with van der Waals surface area (Å²) < 4.78 is 78.3. The molecule has 2 saturated heterocycles. The Hall–Kier alpha value is -5.74. The molecule has 5 atom stereocenters. The minimum atomic E-state index is -4.60. The second-order valence-corrected chi connectivity index (χ2v) is 17.6. The number of hydrogen-bond acceptors (Lipinski definition) is 14. The SMILES string of the molecule is CC[C@@H]([C@H](C)O)n1ncn(-c2ccc(N3CCN(c4ccc(OC[C@@H]5CO[C@@](Cn6c[n+](C(C)OC(=O)OCCOCCOP(=O)(O)O)cn6)(c6ccc(F)cc6F)C5)cc4)CC3)cc2)c1=O. The first-order valence-corrected chi connectivity index (χ1v) is 23.5. The molecule has 5 aromatic rings. The summed E-state index contributed by atoms with van der Waals surface area (Å²) in [7, 11) is -4.60. The van der Waals surface area contributed by atoms with Gasteiger partial charge in [0.15, 0.2) is 0 Å². The summed E-state index contributed by atoms with van der Waals surface area (Å²) in [5.74, 6) is -0.974. The zero-order valence-corrected chi connectivity index (χ0v) is 38.3. The highest BCUT2D eigenvalue weighted by molar-refractivity contribution is 7.46. The Labute approximate surface area is 385 Å². The number of benzene rings is 3. The van der Waals surface area contributed by atoms with E-state index in [2.05, 4.69) is 24.5 Å². The number of phosphoric ester groups is 1. The van der Waals surface area contributed by atoms with Gasteiger partial charge in [0.1, 0.15) is 42.5 Å². The summed E-state index contributed by atoms with van der Waals surface area (Å²) in [6.45, 7) is 8.18. The molecule has 20 nitrogen and oxygen atoms in total. The molecule has 0 aliphatic carbocycles. The van der Waals surface area contributed by atoms with Crippen molar-refractivity contribution in [2.75, 3.05) is 75.6 Å². The van der Waals surface area contributed by atoms with E-state index in [1.165, 1.54) is 43.3 Å². The average Bonchev–Trinajstić information content (AvgIpc) is 4.05. The molecule has 2 aliphatic heterocycles. The van der Waals surface area contributed by atoms with Crippen LogP contribution in [0.4, 0.5) is 25.0 Å². The monoisotopic (exact) mass is 957 g/mol. The number of piperazine rings is 1. The van der Waals surface area contributed by atoms with Gasteiger partial charge in [-0.25, -0.2) is 32.2 Å². The molecule has 7 rings (SSSR count). The second kappa shape index (κ2) is 21.9. The smallest absolute Gasteiger partial charge is 0.493 e. The first-order valence-electron chi connectivity index (χ1n) is 21.9. The van der Waals surface area contributed by atoms with Crippen molar-refractivity contribution in [3.63, 3.8) is 0 Å². The molecule has 67 heavy (non-hydrogen) atoms. The quantitative estimate of drug-likeness (QED) is 0.0405. The number of anilines is 2. The van der Waals surface area contributed by atoms with Crippen molar-refractivity contribution in [3.05, 3.63) is 113 Å². The van der Waals surface area contributed by atoms with Gasteiger partial charge in [0.05, 0.1) is 50.9 Å². The minimum Gasteiger partial charge on any atom is -0.493 e. The number of aromatic nitrogens is 6. The van der Waals surface area contributed by atoms with Crippen molar-refractivity contribution in [2.24, 2.45) is 5.92 Å². The molecule has 4 heterocycles. The van der Waals surface area contributed by atoms with Gasteiger partial charge in [-0.3, -0.25) is 4.52 Å². The highest BCUT2D eigenvalue weighted by Crippen LogP contribution is 2.42. The third-order valence-corrected chi connectivity index (χ3v) is 12.2. The van der Waals surface area contributed by atoms with Crippen LogP contribution in [0.5, 0.6) is 5.75 Å². The lowest BCUT2D eigenvalue weighted by Crippen LogP contribution is -2.46. The van der Waals surface area contributed by atoms with Crippen molar-refractivity contribution in [3.8, 4) is 11.4 Å². The maximum Gasteiger partial charge on any atom is 0.511 e. The topological polar surface area (TPSA) is 218 Å². The van der Waals surface area contributed by atoms with Crippen LogP contribution in [0.2, 0.25) is 0 Å². The van der Waals surface area contributed by atoms with Gasteiger partial charge in [0.2, 0.25) is 12.6 Å². The van der Waals surface area contributed by atoms with E-state index < -0.39 is 49.6 Å². The fraction of sp³-hybridized carbons (Fsp3) is 0.477. The molecule has 0 radical (unpaired) electrons. The average molecular weight is 958 g/mol. The fourth-order valence-electron chi connectivity index (χ4n) is 8.27. The normalized spacial score (nSPS) is 19.0. The lowest BCUT2D eigenvalue weighted by Gasteiger charge is -2.37. The highest BCUT2D eigenvalue weighted by Gasteiger charge is 2.46. The van der Waals surface area contributed by atoms with Gasteiger partial charge in [-0.15, -0.1) is 4.68 Å². The molecular weight excluding hydrogens is 901 g/mol. The number of nitrogens with zero attached hydrogens (tertiary/aromatic N) is 8. The Morgan fingerprint density at radius 2 is 1.60 bits per heavy atom. The van der Waals surface area contributed by atoms with Crippen molar-refractivity contribution in [1.82, 2.24) is 24.1 Å². The molecule has 1 unspecified atom stereocenters. The van der Waals surface area contributed by atoms with Gasteiger partial charge in [-0.1, -0.05) is 13.0 Å². The van der Waals surface area contributed by atoms with Gasteiger partial charge in [-0.05, 0) is 74.4 Å². The van der Waals surface area contributed by atoms with Crippen molar-refractivity contribution >= 4 is 25.4 Å². The lowest BCUT2D eigenvalue weighted by atomic mass is 9.87. The van der Waals surface area contributed by atoms with Crippen molar-refractivity contribution in [2.45, 2.75) is 64.1 Å². The van der Waals surface area contributed by atoms with Crippen LogP contribution in [-0.4, -0.2) is 117 Å². The zero-order valence-electron chi connectivity index (χ0n) is 37.4. The van der Waals surface area contributed by atoms with Gasteiger partial charge in [-0.2, -0.15) is 9.67 Å². The summed E-state index contributed by atoms with van der Waals surface area (Å²) in [6, 6.07) is 18.7. The molecule has 2 aliphatic rings. The van der Waals surface area contributed by atoms with Crippen molar-refractivity contribution in [1.29, 1.82) is 0 Å². The first kappa shape index (κ1) is 49.2. The number of aliphatic hydroxyl groups is 1. The zero-order chi connectivity index (χ0) is 47.7. The maximum absolute atomic E-state index is 15.4. The maximum atomic E-state index is 15.4. The summed E-state index contributed by atoms with van der Waals surface area (Å²) in [5.41, 5.74) is 1.45. The van der Waals surface area contributed by atoms with E-state index in [1.54, 1.807) is 20.2 Å². The van der Waals surface area contributed by atoms with E-state index in [0.29, 0.717) is 24.3 Å². The lowest BCUT2D eigenvalue weighted by molar-refractivity contribution is -0.754. The Morgan fingerprint density at radius 3 is 2.24 bits per heavy atom. The molecule has 0 amide bonds. The number of hydrogen-bond donors (Lipinski definition) is 3. The summed E-state index contributed by atoms with van der Waals surface area (Å²) in [4.78, 5) is 47.3. The third kappa shape index (κ3) is 12.6. The van der Waals surface area contributed by atoms with E-state index in [-0.39, 0.29) is 63.4 Å². The molecular formula is C44H56F2N8O12P+. The molecule has 0 saturated carbocycles. The van der Waals surface area contributed by atoms with E-state index in [1.807, 2.05) is 55.5 Å². The van der Waals surface area contributed by atoms with Crippen LogP contribution in [0, 0.1) is 17.6 Å². The molecule has 2 aromatic heterocycles. The Balaban J connectivity index is 0.891. The molecule has 0 bridgehead atoms. The van der Waals surface area contributed by atoms with Crippen LogP contribution >= 0.6 is 7.82 Å². The second-order valence-electron chi connectivity index (χ2n) is 16.4. The Morgan fingerprint density at radius 1 is 0.940 bits per heavy atom. The molecule has 3 aromatic carbocycles. The van der Waals surface area contributed by atoms with Gasteiger partial charge in [0.25, 0.3) is 6.33 Å².